The Morgan fingerprint density at radius 2 is 2.10 bits per heavy atom. The molecule has 1 amide bonds. The summed E-state index contributed by atoms with van der Waals surface area (Å²) in [4.78, 5) is 23.0. The Kier molecular flexibility index (Phi) is 3.17. The summed E-state index contributed by atoms with van der Waals surface area (Å²) in [6.45, 7) is 0. The summed E-state index contributed by atoms with van der Waals surface area (Å²) in [7, 11) is 0. The molecule has 0 saturated carbocycles. The number of aromatic nitrogens is 4. The molecule has 3 aromatic rings. The number of H-pyrrole nitrogens is 1. The molecule has 100 valence electrons. The van der Waals surface area contributed by atoms with Gasteiger partial charge in [0.25, 0.3) is 11.5 Å². The largest absolute Gasteiger partial charge is 0.317 e. The number of nitrogens with one attached hydrogen (secondary N) is 2. The fourth-order valence-corrected chi connectivity index (χ4v) is 2.34. The third-order valence-electron chi connectivity index (χ3n) is 2.53. The van der Waals surface area contributed by atoms with Crippen LogP contribution < -0.4 is 10.9 Å². The van der Waals surface area contributed by atoms with Gasteiger partial charge in [-0.3, -0.25) is 9.59 Å². The Morgan fingerprint density at radius 3 is 2.85 bits per heavy atom. The number of halogens is 1. The Balaban J connectivity index is 1.98. The van der Waals surface area contributed by atoms with Gasteiger partial charge < -0.3 is 5.32 Å². The number of hydrogen-bond acceptors (Lipinski definition) is 6. The van der Waals surface area contributed by atoms with Crippen LogP contribution in [0.5, 0.6) is 0 Å². The summed E-state index contributed by atoms with van der Waals surface area (Å²) in [5.74, 6) is -0.497. The molecule has 0 saturated heterocycles. The quantitative estimate of drug-likeness (QED) is 0.750. The zero-order valence-corrected chi connectivity index (χ0v) is 11.3. The topological polar surface area (TPSA) is 101 Å². The second-order valence-corrected chi connectivity index (χ2v) is 4.75. The number of fused-ring (bicyclic) bond motifs is 1. The number of amides is 1. The van der Waals surface area contributed by atoms with Gasteiger partial charge in [0.2, 0.25) is 0 Å². The molecule has 0 spiro atoms. The predicted molar refractivity (Wildman–Crippen MR) is 75.2 cm³/mol. The van der Waals surface area contributed by atoms with Crippen molar-refractivity contribution in [3.05, 3.63) is 45.3 Å². The molecule has 1 aromatic carbocycles. The number of rotatable bonds is 2. The van der Waals surface area contributed by atoms with E-state index >= 15 is 0 Å². The molecular formula is C11H6ClN5O2S. The molecule has 0 unspecified atom stereocenters. The molecule has 0 aliphatic heterocycles. The van der Waals surface area contributed by atoms with E-state index in [0.29, 0.717) is 21.7 Å². The molecule has 2 heterocycles. The van der Waals surface area contributed by atoms with Crippen LogP contribution in [0.1, 0.15) is 10.5 Å². The molecular weight excluding hydrogens is 302 g/mol. The van der Waals surface area contributed by atoms with Gasteiger partial charge in [0.05, 0.1) is 22.4 Å². The SMILES string of the molecule is O=C(Nc1c(Cl)ccc2nsnc12)c1ccc(=O)[nH]n1. The molecule has 2 N–H and O–H groups in total. The standard InChI is InChI=1S/C11H6ClN5O2S/c12-5-1-2-6-10(17-20-16-6)9(5)13-11(19)7-3-4-8(18)15-14-7/h1-4H,(H,13,19)(H,15,18). The average molecular weight is 308 g/mol. The van der Waals surface area contributed by atoms with Gasteiger partial charge in [-0.15, -0.1) is 0 Å². The van der Waals surface area contributed by atoms with Crippen molar-refractivity contribution in [3.8, 4) is 0 Å². The van der Waals surface area contributed by atoms with E-state index < -0.39 is 5.91 Å². The van der Waals surface area contributed by atoms with E-state index in [1.807, 2.05) is 0 Å². The highest BCUT2D eigenvalue weighted by molar-refractivity contribution is 7.00. The van der Waals surface area contributed by atoms with Gasteiger partial charge in [0, 0.05) is 6.07 Å². The van der Waals surface area contributed by atoms with Crippen LogP contribution in [0, 0.1) is 0 Å². The summed E-state index contributed by atoms with van der Waals surface area (Å²) < 4.78 is 8.16. The van der Waals surface area contributed by atoms with Gasteiger partial charge in [-0.2, -0.15) is 13.8 Å². The summed E-state index contributed by atoms with van der Waals surface area (Å²) in [5, 5.41) is 8.81. The molecule has 0 aliphatic rings. The zero-order valence-electron chi connectivity index (χ0n) is 9.75. The van der Waals surface area contributed by atoms with Crippen LogP contribution in [0.2, 0.25) is 5.02 Å². The maximum Gasteiger partial charge on any atom is 0.276 e. The van der Waals surface area contributed by atoms with Gasteiger partial charge in [0.15, 0.2) is 0 Å². The zero-order chi connectivity index (χ0) is 14.1. The van der Waals surface area contributed by atoms with E-state index in [1.54, 1.807) is 12.1 Å². The summed E-state index contributed by atoms with van der Waals surface area (Å²) in [6, 6.07) is 5.88. The van der Waals surface area contributed by atoms with Crippen molar-refractivity contribution in [1.29, 1.82) is 0 Å². The second kappa shape index (κ2) is 4.99. The summed E-state index contributed by atoms with van der Waals surface area (Å²) in [6.07, 6.45) is 0. The highest BCUT2D eigenvalue weighted by Gasteiger charge is 2.15. The Hall–Kier alpha value is -2.32. The van der Waals surface area contributed by atoms with Crippen molar-refractivity contribution in [1.82, 2.24) is 18.9 Å². The van der Waals surface area contributed by atoms with Crippen LogP contribution in [0.3, 0.4) is 0 Å². The van der Waals surface area contributed by atoms with Crippen LogP contribution in [0.4, 0.5) is 5.69 Å². The molecule has 3 rings (SSSR count). The number of aromatic amines is 1. The fourth-order valence-electron chi connectivity index (χ4n) is 1.59. The van der Waals surface area contributed by atoms with Crippen molar-refractivity contribution in [3.63, 3.8) is 0 Å². The lowest BCUT2D eigenvalue weighted by Crippen LogP contribution is -2.17. The minimum Gasteiger partial charge on any atom is -0.317 e. The number of carbonyl (C=O) groups excluding carboxylic acids is 1. The molecule has 0 fully saturated rings. The minimum absolute atomic E-state index is 0.0702. The van der Waals surface area contributed by atoms with Crippen molar-refractivity contribution < 1.29 is 4.79 Å². The molecule has 0 atom stereocenters. The first kappa shape index (κ1) is 12.7. The smallest absolute Gasteiger partial charge is 0.276 e. The lowest BCUT2D eigenvalue weighted by molar-refractivity contribution is 0.102. The normalized spacial score (nSPS) is 10.7. The monoisotopic (exact) mass is 307 g/mol. The lowest BCUT2D eigenvalue weighted by Gasteiger charge is -2.06. The molecule has 0 aliphatic carbocycles. The highest BCUT2D eigenvalue weighted by atomic mass is 35.5. The molecule has 0 radical (unpaired) electrons. The van der Waals surface area contributed by atoms with Crippen LogP contribution in [0.15, 0.2) is 29.1 Å². The van der Waals surface area contributed by atoms with Gasteiger partial charge in [-0.25, -0.2) is 5.10 Å². The third-order valence-corrected chi connectivity index (χ3v) is 3.38. The first-order chi connectivity index (χ1) is 9.65. The molecule has 0 bridgehead atoms. The Labute approximate surface area is 120 Å². The summed E-state index contributed by atoms with van der Waals surface area (Å²) in [5.41, 5.74) is 1.21. The Bertz CT molecular complexity index is 839. The minimum atomic E-state index is -0.497. The van der Waals surface area contributed by atoms with Crippen LogP contribution in [-0.4, -0.2) is 24.9 Å². The van der Waals surface area contributed by atoms with Gasteiger partial charge in [-0.1, -0.05) is 11.6 Å². The first-order valence-corrected chi connectivity index (χ1v) is 6.54. The molecule has 9 heteroatoms. The third kappa shape index (κ3) is 2.26. The van der Waals surface area contributed by atoms with E-state index in [4.69, 9.17) is 11.6 Å². The van der Waals surface area contributed by atoms with Crippen molar-refractivity contribution >= 4 is 46.0 Å². The maximum absolute atomic E-state index is 12.0. The van der Waals surface area contributed by atoms with E-state index in [-0.39, 0.29) is 11.3 Å². The fraction of sp³-hybridized carbons (Fsp3) is 0. The lowest BCUT2D eigenvalue weighted by atomic mass is 10.2. The summed E-state index contributed by atoms with van der Waals surface area (Å²) >= 11 is 7.09. The van der Waals surface area contributed by atoms with Crippen molar-refractivity contribution in [2.75, 3.05) is 5.32 Å². The van der Waals surface area contributed by atoms with Crippen LogP contribution in [-0.2, 0) is 0 Å². The van der Waals surface area contributed by atoms with Gasteiger partial charge in [-0.05, 0) is 18.2 Å². The maximum atomic E-state index is 12.0. The van der Waals surface area contributed by atoms with Crippen LogP contribution in [0.25, 0.3) is 11.0 Å². The number of carbonyl (C=O) groups is 1. The van der Waals surface area contributed by atoms with Gasteiger partial charge >= 0.3 is 0 Å². The van der Waals surface area contributed by atoms with Gasteiger partial charge in [0.1, 0.15) is 16.7 Å². The molecule has 2 aromatic heterocycles. The average Bonchev–Trinajstić information content (AvgIpc) is 2.91. The molecule has 20 heavy (non-hydrogen) atoms. The Morgan fingerprint density at radius 1 is 1.25 bits per heavy atom. The highest BCUT2D eigenvalue weighted by Crippen LogP contribution is 2.30. The van der Waals surface area contributed by atoms with E-state index in [0.717, 1.165) is 11.7 Å². The van der Waals surface area contributed by atoms with E-state index in [9.17, 15) is 9.59 Å². The number of anilines is 1. The predicted octanol–water partition coefficient (Wildman–Crippen LogP) is 1.68. The van der Waals surface area contributed by atoms with Crippen molar-refractivity contribution in [2.45, 2.75) is 0 Å². The molecule has 7 nitrogen and oxygen atoms in total. The van der Waals surface area contributed by atoms with E-state index in [1.165, 1.54) is 12.1 Å². The second-order valence-electron chi connectivity index (χ2n) is 3.81. The number of benzene rings is 1. The number of hydrogen-bond donors (Lipinski definition) is 2. The number of nitrogens with zero attached hydrogens (tertiary/aromatic N) is 3. The van der Waals surface area contributed by atoms with E-state index in [2.05, 4.69) is 24.3 Å². The van der Waals surface area contributed by atoms with Crippen molar-refractivity contribution in [2.24, 2.45) is 0 Å². The van der Waals surface area contributed by atoms with Crippen LogP contribution >= 0.6 is 23.3 Å². The first-order valence-electron chi connectivity index (χ1n) is 5.43.